The third kappa shape index (κ3) is 6.27. The van der Waals surface area contributed by atoms with Gasteiger partial charge < -0.3 is 18.9 Å². The number of fused-ring (bicyclic) bond motifs is 1. The lowest BCUT2D eigenvalue weighted by atomic mass is 9.96. The van der Waals surface area contributed by atoms with E-state index in [-0.39, 0.29) is 12.2 Å². The van der Waals surface area contributed by atoms with Gasteiger partial charge in [0.2, 0.25) is 0 Å². The normalized spacial score (nSPS) is 14.7. The molecule has 1 aliphatic heterocycles. The van der Waals surface area contributed by atoms with Gasteiger partial charge in [-0.2, -0.15) is 0 Å². The number of carbonyl (C=O) groups is 1. The van der Waals surface area contributed by atoms with Crippen LogP contribution in [-0.4, -0.2) is 31.4 Å². The summed E-state index contributed by atoms with van der Waals surface area (Å²) >= 11 is 1.28. The lowest BCUT2D eigenvalue weighted by Crippen LogP contribution is -2.39. The molecule has 4 aromatic rings. The quantitative estimate of drug-likeness (QED) is 0.252. The van der Waals surface area contributed by atoms with Crippen molar-refractivity contribution < 1.29 is 23.7 Å². The van der Waals surface area contributed by atoms with Crippen molar-refractivity contribution in [3.8, 4) is 17.2 Å². The van der Waals surface area contributed by atoms with Crippen LogP contribution >= 0.6 is 11.3 Å². The Kier molecular flexibility index (Phi) is 8.82. The van der Waals surface area contributed by atoms with Gasteiger partial charge in [0, 0.05) is 5.56 Å². The van der Waals surface area contributed by atoms with Gasteiger partial charge in [0.25, 0.3) is 5.56 Å². The van der Waals surface area contributed by atoms with Crippen LogP contribution in [0.1, 0.15) is 47.7 Å². The van der Waals surface area contributed by atoms with Crippen molar-refractivity contribution >= 4 is 23.4 Å². The zero-order valence-electron chi connectivity index (χ0n) is 25.1. The zero-order chi connectivity index (χ0) is 30.7. The molecule has 0 saturated heterocycles. The molecule has 0 saturated carbocycles. The second-order valence-electron chi connectivity index (χ2n) is 10.3. The number of nitrogens with zero attached hydrogens (tertiary/aromatic N) is 2. The summed E-state index contributed by atoms with van der Waals surface area (Å²) in [5, 5.41) is 0. The van der Waals surface area contributed by atoms with Gasteiger partial charge in [-0.1, -0.05) is 35.6 Å². The third-order valence-corrected chi connectivity index (χ3v) is 8.12. The van der Waals surface area contributed by atoms with E-state index in [0.29, 0.717) is 38.7 Å². The van der Waals surface area contributed by atoms with E-state index in [1.165, 1.54) is 11.3 Å². The maximum atomic E-state index is 14.0. The lowest BCUT2D eigenvalue weighted by molar-refractivity contribution is -0.139. The van der Waals surface area contributed by atoms with Gasteiger partial charge in [0.05, 0.1) is 42.7 Å². The number of hydrogen-bond donors (Lipinski definition) is 0. The molecule has 1 aromatic heterocycles. The van der Waals surface area contributed by atoms with E-state index in [1.807, 2.05) is 74.5 Å². The number of ether oxygens (including phenoxy) is 4. The van der Waals surface area contributed by atoms with E-state index in [1.54, 1.807) is 32.6 Å². The van der Waals surface area contributed by atoms with Gasteiger partial charge in [-0.25, -0.2) is 9.79 Å². The minimum Gasteiger partial charge on any atom is -0.497 e. The maximum Gasteiger partial charge on any atom is 0.338 e. The molecule has 0 aliphatic carbocycles. The van der Waals surface area contributed by atoms with Crippen molar-refractivity contribution in [1.29, 1.82) is 0 Å². The number of thiazole rings is 1. The van der Waals surface area contributed by atoms with E-state index in [0.717, 1.165) is 33.6 Å². The molecule has 0 fully saturated rings. The smallest absolute Gasteiger partial charge is 0.338 e. The van der Waals surface area contributed by atoms with Crippen LogP contribution in [0, 0.1) is 13.8 Å². The standard InChI is InChI=1S/C34H34N2O6S/c1-7-41-33(38)30-22(4)35-34-36(31(30)24-9-11-26(39-5)12-10-24)32(37)29(43-34)18-23-8-13-28(40-6)25(17-23)19-42-27-15-20(2)14-21(3)16-27/h8-18,31H,7,19H2,1-6H3/t31-/m1/s1. The molecular formula is C34H34N2O6S. The molecule has 43 heavy (non-hydrogen) atoms. The molecular weight excluding hydrogens is 564 g/mol. The Labute approximate surface area is 254 Å². The van der Waals surface area contributed by atoms with E-state index in [4.69, 9.17) is 18.9 Å². The average Bonchev–Trinajstić information content (AvgIpc) is 3.28. The maximum absolute atomic E-state index is 14.0. The Balaban J connectivity index is 1.57. The zero-order valence-corrected chi connectivity index (χ0v) is 25.9. The highest BCUT2D eigenvalue weighted by Crippen LogP contribution is 2.32. The summed E-state index contributed by atoms with van der Waals surface area (Å²) in [6.07, 6.45) is 1.83. The first kappa shape index (κ1) is 29.8. The first-order valence-corrected chi connectivity index (χ1v) is 14.8. The minimum absolute atomic E-state index is 0.211. The minimum atomic E-state index is -0.694. The Hall–Kier alpha value is -4.63. The van der Waals surface area contributed by atoms with Gasteiger partial charge in [0.1, 0.15) is 23.9 Å². The predicted molar refractivity (Wildman–Crippen MR) is 167 cm³/mol. The number of carbonyl (C=O) groups excluding carboxylic acids is 1. The van der Waals surface area contributed by atoms with E-state index >= 15 is 0 Å². The van der Waals surface area contributed by atoms with Gasteiger partial charge >= 0.3 is 5.97 Å². The van der Waals surface area contributed by atoms with Crippen molar-refractivity contribution in [1.82, 2.24) is 4.57 Å². The van der Waals surface area contributed by atoms with E-state index in [9.17, 15) is 9.59 Å². The van der Waals surface area contributed by atoms with Crippen molar-refractivity contribution in [2.75, 3.05) is 20.8 Å². The fourth-order valence-electron chi connectivity index (χ4n) is 5.22. The fourth-order valence-corrected chi connectivity index (χ4v) is 6.27. The summed E-state index contributed by atoms with van der Waals surface area (Å²) in [6, 6.07) is 18.4. The van der Waals surface area contributed by atoms with Crippen LogP contribution in [0.15, 0.2) is 81.7 Å². The molecule has 8 nitrogen and oxygen atoms in total. The molecule has 1 atom stereocenters. The molecule has 0 N–H and O–H groups in total. The van der Waals surface area contributed by atoms with Gasteiger partial charge in [0.15, 0.2) is 4.80 Å². The van der Waals surface area contributed by atoms with Gasteiger partial charge in [-0.3, -0.25) is 9.36 Å². The fraction of sp³-hybridized carbons (Fsp3) is 0.265. The van der Waals surface area contributed by atoms with Crippen LogP contribution in [0.3, 0.4) is 0 Å². The van der Waals surface area contributed by atoms with Crippen LogP contribution in [0.4, 0.5) is 0 Å². The van der Waals surface area contributed by atoms with Crippen molar-refractivity contribution in [2.24, 2.45) is 4.99 Å². The number of hydrogen-bond acceptors (Lipinski definition) is 8. The lowest BCUT2D eigenvalue weighted by Gasteiger charge is -2.24. The summed E-state index contributed by atoms with van der Waals surface area (Å²) < 4.78 is 24.5. The SMILES string of the molecule is CCOC(=O)C1=C(C)N=c2sc(=Cc3ccc(OC)c(COc4cc(C)cc(C)c4)c3)c(=O)n2[C@@H]1c1ccc(OC)cc1. The van der Waals surface area contributed by atoms with Crippen LogP contribution in [0.2, 0.25) is 0 Å². The molecule has 5 rings (SSSR count). The number of allylic oxidation sites excluding steroid dienone is 1. The second kappa shape index (κ2) is 12.7. The molecule has 0 radical (unpaired) electrons. The largest absolute Gasteiger partial charge is 0.497 e. The summed E-state index contributed by atoms with van der Waals surface area (Å²) in [4.78, 5) is 32.3. The topological polar surface area (TPSA) is 88.4 Å². The number of rotatable bonds is 9. The van der Waals surface area contributed by atoms with Crippen molar-refractivity contribution in [2.45, 2.75) is 40.3 Å². The Morgan fingerprint density at radius 2 is 1.67 bits per heavy atom. The molecule has 2 heterocycles. The van der Waals surface area contributed by atoms with Crippen molar-refractivity contribution in [3.63, 3.8) is 0 Å². The first-order chi connectivity index (χ1) is 20.7. The predicted octanol–water partition coefficient (Wildman–Crippen LogP) is 5.01. The van der Waals surface area contributed by atoms with Crippen LogP contribution in [0.25, 0.3) is 6.08 Å². The van der Waals surface area contributed by atoms with Crippen molar-refractivity contribution in [3.05, 3.63) is 119 Å². The highest BCUT2D eigenvalue weighted by atomic mass is 32.1. The highest BCUT2D eigenvalue weighted by molar-refractivity contribution is 7.07. The molecule has 1 aliphatic rings. The average molecular weight is 599 g/mol. The molecule has 9 heteroatoms. The molecule has 0 bridgehead atoms. The number of aromatic nitrogens is 1. The first-order valence-electron chi connectivity index (χ1n) is 13.9. The Morgan fingerprint density at radius 3 is 2.33 bits per heavy atom. The molecule has 0 spiro atoms. The number of methoxy groups -OCH3 is 2. The monoisotopic (exact) mass is 598 g/mol. The highest BCUT2D eigenvalue weighted by Gasteiger charge is 2.33. The summed E-state index contributed by atoms with van der Waals surface area (Å²) in [6.45, 7) is 8.10. The second-order valence-corrected chi connectivity index (χ2v) is 11.3. The summed E-state index contributed by atoms with van der Waals surface area (Å²) in [7, 11) is 3.21. The van der Waals surface area contributed by atoms with E-state index < -0.39 is 12.0 Å². The molecule has 222 valence electrons. The Morgan fingerprint density at radius 1 is 0.953 bits per heavy atom. The Bertz CT molecular complexity index is 1870. The van der Waals surface area contributed by atoms with E-state index in [2.05, 4.69) is 11.1 Å². The number of benzene rings is 3. The molecule has 0 amide bonds. The molecule has 3 aromatic carbocycles. The van der Waals surface area contributed by atoms with Crippen LogP contribution in [0.5, 0.6) is 17.2 Å². The number of aryl methyl sites for hydroxylation is 2. The van der Waals surface area contributed by atoms with Gasteiger partial charge in [-0.05, 0) is 92.4 Å². The molecule has 0 unspecified atom stereocenters. The van der Waals surface area contributed by atoms with Crippen LogP contribution < -0.4 is 29.1 Å². The summed E-state index contributed by atoms with van der Waals surface area (Å²) in [5.41, 5.74) is 5.26. The van der Waals surface area contributed by atoms with Crippen LogP contribution in [-0.2, 0) is 16.1 Å². The summed E-state index contributed by atoms with van der Waals surface area (Å²) in [5.74, 6) is 1.65. The third-order valence-electron chi connectivity index (χ3n) is 7.14. The van der Waals surface area contributed by atoms with Gasteiger partial charge in [-0.15, -0.1) is 0 Å². The number of esters is 1.